The fourth-order valence-corrected chi connectivity index (χ4v) is 3.32. The van der Waals surface area contributed by atoms with Gasteiger partial charge in [-0.25, -0.2) is 0 Å². The van der Waals surface area contributed by atoms with Gasteiger partial charge in [-0.3, -0.25) is 9.59 Å². The molecule has 7 heteroatoms. The van der Waals surface area contributed by atoms with Crippen molar-refractivity contribution in [2.75, 3.05) is 0 Å². The maximum absolute atomic E-state index is 12.1. The summed E-state index contributed by atoms with van der Waals surface area (Å²) in [5.74, 6) is -1.66. The molecule has 5 N–H and O–H groups in total. The van der Waals surface area contributed by atoms with Crippen molar-refractivity contribution in [3.05, 3.63) is 12.2 Å². The third kappa shape index (κ3) is 7.85. The molecule has 1 amide bonds. The van der Waals surface area contributed by atoms with Crippen LogP contribution in [0.25, 0.3) is 0 Å². The van der Waals surface area contributed by atoms with Gasteiger partial charge in [0.2, 0.25) is 5.91 Å². The topological polar surface area (TPSA) is 127 Å². The summed E-state index contributed by atoms with van der Waals surface area (Å²) in [5.41, 5.74) is 0. The number of carboxylic acid groups (broad SMARTS) is 1. The zero-order valence-electron chi connectivity index (χ0n) is 15.5. The Hall–Kier alpha value is -1.44. The molecule has 150 valence electrons. The second kappa shape index (κ2) is 12.0. The molecule has 1 aliphatic carbocycles. The fraction of sp³-hybridized carbons (Fsp3) is 0.789. The number of carboxylic acids is 1. The van der Waals surface area contributed by atoms with Crippen LogP contribution >= 0.6 is 0 Å². The van der Waals surface area contributed by atoms with Crippen LogP contribution in [-0.2, 0) is 9.59 Å². The highest BCUT2D eigenvalue weighted by Gasteiger charge is 2.42. The first-order valence-corrected chi connectivity index (χ1v) is 9.58. The number of hydrogen-bond donors (Lipinski definition) is 5. The van der Waals surface area contributed by atoms with Gasteiger partial charge in [-0.1, -0.05) is 38.3 Å². The molecule has 0 radical (unpaired) electrons. The highest BCUT2D eigenvalue weighted by atomic mass is 16.4. The Kier molecular flexibility index (Phi) is 10.5. The van der Waals surface area contributed by atoms with Crippen LogP contribution < -0.4 is 5.32 Å². The molecule has 0 aliphatic heterocycles. The summed E-state index contributed by atoms with van der Waals surface area (Å²) in [6.45, 7) is 2.04. The quantitative estimate of drug-likeness (QED) is 0.260. The van der Waals surface area contributed by atoms with E-state index in [1.165, 1.54) is 0 Å². The Labute approximate surface area is 155 Å². The maximum Gasteiger partial charge on any atom is 0.303 e. The highest BCUT2D eigenvalue weighted by molar-refractivity contribution is 5.80. The molecule has 0 aromatic carbocycles. The van der Waals surface area contributed by atoms with Crippen LogP contribution in [0.4, 0.5) is 0 Å². The molecule has 0 aromatic heterocycles. The van der Waals surface area contributed by atoms with Gasteiger partial charge in [-0.15, -0.1) is 0 Å². The standard InChI is InChI=1S/C19H33NO6/c1-2-3-6-10-14(21)19(26)20-18-13(15(22)12-16(18)23)9-7-4-5-8-11-17(24)25/h4,7,13-16,18,21-23H,2-3,5-6,8-12H2,1H3,(H,20,26)(H,24,25)/b7-4-/t13-,14-,15-,16+,18+/m0/s1. The fourth-order valence-electron chi connectivity index (χ4n) is 3.32. The first-order chi connectivity index (χ1) is 12.4. The lowest BCUT2D eigenvalue weighted by Crippen LogP contribution is -2.48. The Morgan fingerprint density at radius 3 is 2.54 bits per heavy atom. The summed E-state index contributed by atoms with van der Waals surface area (Å²) >= 11 is 0. The monoisotopic (exact) mass is 371 g/mol. The van der Waals surface area contributed by atoms with Crippen molar-refractivity contribution in [1.29, 1.82) is 0 Å². The largest absolute Gasteiger partial charge is 0.481 e. The van der Waals surface area contributed by atoms with E-state index < -0.39 is 36.2 Å². The van der Waals surface area contributed by atoms with Gasteiger partial charge in [0.25, 0.3) is 0 Å². The predicted octanol–water partition coefficient (Wildman–Crippen LogP) is 1.36. The lowest BCUT2D eigenvalue weighted by Gasteiger charge is -2.25. The summed E-state index contributed by atoms with van der Waals surface area (Å²) in [7, 11) is 0. The summed E-state index contributed by atoms with van der Waals surface area (Å²) in [6, 6.07) is -0.595. The van der Waals surface area contributed by atoms with Gasteiger partial charge in [0.1, 0.15) is 6.10 Å². The molecule has 0 bridgehead atoms. The lowest BCUT2D eigenvalue weighted by atomic mass is 9.96. The molecule has 1 fully saturated rings. The third-order valence-electron chi connectivity index (χ3n) is 4.88. The van der Waals surface area contributed by atoms with Gasteiger partial charge in [0.15, 0.2) is 0 Å². The molecule has 0 spiro atoms. The average Bonchev–Trinajstić information content (AvgIpc) is 2.84. The Morgan fingerprint density at radius 2 is 1.88 bits per heavy atom. The van der Waals surface area contributed by atoms with Crippen molar-refractivity contribution in [2.45, 2.75) is 89.1 Å². The minimum atomic E-state index is -1.10. The van der Waals surface area contributed by atoms with E-state index in [1.54, 1.807) is 0 Å². The second-order valence-electron chi connectivity index (χ2n) is 7.07. The van der Waals surface area contributed by atoms with Crippen LogP contribution in [0.2, 0.25) is 0 Å². The van der Waals surface area contributed by atoms with E-state index in [9.17, 15) is 24.9 Å². The Balaban J connectivity index is 2.49. The number of aliphatic hydroxyl groups is 3. The van der Waals surface area contributed by atoms with Crippen LogP contribution in [0.15, 0.2) is 12.2 Å². The van der Waals surface area contributed by atoms with E-state index in [4.69, 9.17) is 5.11 Å². The molecule has 0 saturated heterocycles. The van der Waals surface area contributed by atoms with Crippen molar-refractivity contribution in [1.82, 2.24) is 5.32 Å². The molecule has 0 aromatic rings. The summed E-state index contributed by atoms with van der Waals surface area (Å²) in [5, 5.41) is 41.5. The van der Waals surface area contributed by atoms with Crippen LogP contribution in [0.5, 0.6) is 0 Å². The normalized spacial score (nSPS) is 26.9. The van der Waals surface area contributed by atoms with Gasteiger partial charge in [-0.05, 0) is 25.7 Å². The molecule has 1 aliphatic rings. The van der Waals surface area contributed by atoms with Crippen molar-refractivity contribution in [3.8, 4) is 0 Å². The predicted molar refractivity (Wildman–Crippen MR) is 97.4 cm³/mol. The number of rotatable bonds is 12. The number of carbonyl (C=O) groups excluding carboxylic acids is 1. The molecule has 1 saturated carbocycles. The first-order valence-electron chi connectivity index (χ1n) is 9.58. The minimum Gasteiger partial charge on any atom is -0.481 e. The highest BCUT2D eigenvalue weighted by Crippen LogP contribution is 2.30. The zero-order chi connectivity index (χ0) is 19.5. The number of carbonyl (C=O) groups is 2. The van der Waals surface area contributed by atoms with E-state index in [2.05, 4.69) is 5.32 Å². The number of hydrogen-bond acceptors (Lipinski definition) is 5. The van der Waals surface area contributed by atoms with Crippen molar-refractivity contribution in [2.24, 2.45) is 5.92 Å². The lowest BCUT2D eigenvalue weighted by molar-refractivity contribution is -0.137. The molecule has 0 heterocycles. The van der Waals surface area contributed by atoms with Crippen LogP contribution in [-0.4, -0.2) is 56.7 Å². The molecule has 0 unspecified atom stereocenters. The average molecular weight is 371 g/mol. The number of aliphatic hydroxyl groups excluding tert-OH is 3. The van der Waals surface area contributed by atoms with Crippen LogP contribution in [0.1, 0.15) is 64.7 Å². The number of amides is 1. The van der Waals surface area contributed by atoms with Gasteiger partial charge >= 0.3 is 5.97 Å². The molecule has 5 atom stereocenters. The van der Waals surface area contributed by atoms with Crippen LogP contribution in [0.3, 0.4) is 0 Å². The number of aliphatic carboxylic acids is 1. The Morgan fingerprint density at radius 1 is 1.15 bits per heavy atom. The summed E-state index contributed by atoms with van der Waals surface area (Å²) < 4.78 is 0. The first kappa shape index (κ1) is 22.6. The van der Waals surface area contributed by atoms with Gasteiger partial charge in [-0.2, -0.15) is 0 Å². The van der Waals surface area contributed by atoms with Crippen molar-refractivity contribution in [3.63, 3.8) is 0 Å². The summed E-state index contributed by atoms with van der Waals surface area (Å²) in [4.78, 5) is 22.6. The summed E-state index contributed by atoms with van der Waals surface area (Å²) in [6.07, 6.45) is 6.10. The van der Waals surface area contributed by atoms with E-state index in [-0.39, 0.29) is 18.8 Å². The second-order valence-corrected chi connectivity index (χ2v) is 7.07. The maximum atomic E-state index is 12.1. The smallest absolute Gasteiger partial charge is 0.303 e. The third-order valence-corrected chi connectivity index (χ3v) is 4.88. The van der Waals surface area contributed by atoms with Gasteiger partial charge in [0.05, 0.1) is 18.2 Å². The minimum absolute atomic E-state index is 0.115. The zero-order valence-corrected chi connectivity index (χ0v) is 15.5. The van der Waals surface area contributed by atoms with E-state index in [0.29, 0.717) is 25.7 Å². The molecular weight excluding hydrogens is 338 g/mol. The van der Waals surface area contributed by atoms with Crippen molar-refractivity contribution >= 4 is 11.9 Å². The van der Waals surface area contributed by atoms with E-state index in [0.717, 1.165) is 19.3 Å². The van der Waals surface area contributed by atoms with Gasteiger partial charge in [0, 0.05) is 18.8 Å². The number of unbranched alkanes of at least 4 members (excludes halogenated alkanes) is 3. The molecule has 1 rings (SSSR count). The molecule has 7 nitrogen and oxygen atoms in total. The van der Waals surface area contributed by atoms with Crippen molar-refractivity contribution < 1.29 is 30.0 Å². The Bertz CT molecular complexity index is 467. The van der Waals surface area contributed by atoms with E-state index >= 15 is 0 Å². The van der Waals surface area contributed by atoms with Crippen LogP contribution in [0, 0.1) is 5.92 Å². The SMILES string of the molecule is CCCCC[C@H](O)C(=O)N[C@@H]1[C@@H](C/C=C\CCCC(=O)O)[C@@H](O)C[C@H]1O. The number of nitrogens with one attached hydrogen (secondary N) is 1. The van der Waals surface area contributed by atoms with Gasteiger partial charge < -0.3 is 25.7 Å². The molecule has 26 heavy (non-hydrogen) atoms. The molecular formula is C19H33NO6. The van der Waals surface area contributed by atoms with E-state index in [1.807, 2.05) is 19.1 Å². The number of allylic oxidation sites excluding steroid dienone is 2.